The Kier molecular flexibility index (Phi) is 8.93. The Morgan fingerprint density at radius 2 is 2.06 bits per heavy atom. The molecule has 166 valence electrons. The number of fused-ring (bicyclic) bond motifs is 1. The molecule has 31 heavy (non-hydrogen) atoms. The van der Waals surface area contributed by atoms with Crippen molar-refractivity contribution in [2.75, 3.05) is 7.11 Å². The third-order valence-corrected chi connectivity index (χ3v) is 4.74. The third kappa shape index (κ3) is 6.75. The highest BCUT2D eigenvalue weighted by Crippen LogP contribution is 2.24. The van der Waals surface area contributed by atoms with E-state index in [9.17, 15) is 14.4 Å². The maximum Gasteiger partial charge on any atom is 0.336 e. The number of carbonyl (C=O) groups excluding carboxylic acids is 3. The molecule has 0 aliphatic carbocycles. The number of ketones is 1. The average Bonchev–Trinajstić information content (AvgIpc) is 3.11. The Balaban J connectivity index is 2.17. The van der Waals surface area contributed by atoms with Gasteiger partial charge in [-0.2, -0.15) is 4.79 Å². The zero-order valence-electron chi connectivity index (χ0n) is 17.6. The second-order valence-electron chi connectivity index (χ2n) is 7.16. The van der Waals surface area contributed by atoms with E-state index in [1.54, 1.807) is 32.2 Å². The standard InChI is InChI=1S/C21H25ClN4O5/c1-12(2)31-21(29)19(17(27)5-4-8-25-23)26-20(28)18(30-3)9-13-11-24-16-7-6-14(22)10-15(13)16/h6-8,10-12,18-19,24H,4-5,9H2,1-3H3,(H,26,28)/t18-,19-/m0/s1. The summed E-state index contributed by atoms with van der Waals surface area (Å²) in [6, 6.07) is 3.87. The lowest BCUT2D eigenvalue weighted by Crippen LogP contribution is -2.51. The fraction of sp³-hybridized carbons (Fsp3) is 0.429. The fourth-order valence-corrected chi connectivity index (χ4v) is 3.19. The molecule has 2 rings (SSSR count). The van der Waals surface area contributed by atoms with E-state index in [0.717, 1.165) is 22.7 Å². The number of carbonyl (C=O) groups is 3. The van der Waals surface area contributed by atoms with Crippen molar-refractivity contribution in [1.29, 1.82) is 0 Å². The summed E-state index contributed by atoms with van der Waals surface area (Å²) in [6.07, 6.45) is 1.66. The van der Waals surface area contributed by atoms with E-state index in [1.165, 1.54) is 7.11 Å². The number of nitrogens with zero attached hydrogens (tertiary/aromatic N) is 2. The molecule has 2 atom stereocenters. The summed E-state index contributed by atoms with van der Waals surface area (Å²) in [4.78, 5) is 43.7. The van der Waals surface area contributed by atoms with Crippen LogP contribution < -0.4 is 5.32 Å². The van der Waals surface area contributed by atoms with Crippen LogP contribution in [-0.2, 0) is 30.3 Å². The third-order valence-electron chi connectivity index (χ3n) is 4.51. The van der Waals surface area contributed by atoms with Crippen LogP contribution in [0.25, 0.3) is 16.4 Å². The van der Waals surface area contributed by atoms with E-state index in [1.807, 2.05) is 6.07 Å². The number of hydrogen-bond donors (Lipinski definition) is 2. The van der Waals surface area contributed by atoms with Gasteiger partial charge in [0.15, 0.2) is 11.8 Å². The average molecular weight is 449 g/mol. The molecular formula is C21H25ClN4O5. The van der Waals surface area contributed by atoms with Crippen LogP contribution in [0.1, 0.15) is 32.3 Å². The van der Waals surface area contributed by atoms with Crippen LogP contribution in [0, 0.1) is 0 Å². The van der Waals surface area contributed by atoms with Gasteiger partial charge >= 0.3 is 5.97 Å². The Morgan fingerprint density at radius 1 is 1.32 bits per heavy atom. The van der Waals surface area contributed by atoms with Crippen molar-refractivity contribution >= 4 is 46.4 Å². The lowest BCUT2D eigenvalue weighted by Gasteiger charge is -2.21. The van der Waals surface area contributed by atoms with Crippen LogP contribution in [0.15, 0.2) is 24.4 Å². The summed E-state index contributed by atoms with van der Waals surface area (Å²) in [5.74, 6) is -2.05. The molecule has 9 nitrogen and oxygen atoms in total. The van der Waals surface area contributed by atoms with Crippen LogP contribution in [0.3, 0.4) is 0 Å². The molecule has 0 saturated carbocycles. The first-order valence-corrected chi connectivity index (χ1v) is 10.1. The molecule has 0 fully saturated rings. The largest absolute Gasteiger partial charge is 0.461 e. The number of nitrogens with one attached hydrogen (secondary N) is 2. The zero-order chi connectivity index (χ0) is 23.0. The number of rotatable bonds is 11. The summed E-state index contributed by atoms with van der Waals surface area (Å²) < 4.78 is 10.4. The second-order valence-corrected chi connectivity index (χ2v) is 7.60. The van der Waals surface area contributed by atoms with Crippen molar-refractivity contribution in [1.82, 2.24) is 10.3 Å². The van der Waals surface area contributed by atoms with Crippen molar-refractivity contribution in [2.45, 2.75) is 51.4 Å². The number of aromatic amines is 1. The predicted octanol–water partition coefficient (Wildman–Crippen LogP) is 2.47. The maximum absolute atomic E-state index is 12.8. The van der Waals surface area contributed by atoms with Crippen LogP contribution >= 0.6 is 11.6 Å². The molecule has 1 amide bonds. The van der Waals surface area contributed by atoms with Gasteiger partial charge in [-0.3, -0.25) is 9.59 Å². The van der Waals surface area contributed by atoms with E-state index in [-0.39, 0.29) is 19.3 Å². The number of esters is 1. The molecule has 10 heteroatoms. The quantitative estimate of drug-likeness (QED) is 0.179. The minimum atomic E-state index is -1.49. The van der Waals surface area contributed by atoms with Gasteiger partial charge < -0.3 is 25.3 Å². The van der Waals surface area contributed by atoms with Crippen molar-refractivity contribution in [3.8, 4) is 0 Å². The molecule has 0 aliphatic rings. The minimum Gasteiger partial charge on any atom is -0.461 e. The summed E-state index contributed by atoms with van der Waals surface area (Å²) in [5.41, 5.74) is 10.1. The topological polar surface area (TPSA) is 134 Å². The highest BCUT2D eigenvalue weighted by molar-refractivity contribution is 6.31. The van der Waals surface area contributed by atoms with Crippen LogP contribution in [0.2, 0.25) is 5.02 Å². The lowest BCUT2D eigenvalue weighted by atomic mass is 10.0. The van der Waals surface area contributed by atoms with Crippen molar-refractivity contribution in [3.05, 3.63) is 40.5 Å². The van der Waals surface area contributed by atoms with Crippen LogP contribution in [0.5, 0.6) is 0 Å². The minimum absolute atomic E-state index is 0.110. The van der Waals surface area contributed by atoms with E-state index < -0.39 is 35.9 Å². The molecule has 0 radical (unpaired) electrons. The molecule has 1 aromatic heterocycles. The van der Waals surface area contributed by atoms with Crippen LogP contribution in [-0.4, -0.2) is 59.0 Å². The number of halogens is 1. The predicted molar refractivity (Wildman–Crippen MR) is 115 cm³/mol. The number of H-pyrrole nitrogens is 1. The molecule has 1 heterocycles. The molecule has 0 aliphatic heterocycles. The summed E-state index contributed by atoms with van der Waals surface area (Å²) in [7, 11) is 1.37. The Hall–Kier alpha value is -3.00. The van der Waals surface area contributed by atoms with Gasteiger partial charge in [-0.15, -0.1) is 0 Å². The number of methoxy groups -OCH3 is 1. The van der Waals surface area contributed by atoms with Gasteiger partial charge in [0, 0.05) is 48.5 Å². The highest BCUT2D eigenvalue weighted by Gasteiger charge is 2.32. The Bertz CT molecular complexity index is 997. The van der Waals surface area contributed by atoms with Gasteiger partial charge in [0.25, 0.3) is 6.21 Å². The Morgan fingerprint density at radius 3 is 2.71 bits per heavy atom. The number of Topliss-reactive ketones (excluding diaryl/α,β-unsaturated/α-hetero) is 1. The van der Waals surface area contributed by atoms with Crippen LogP contribution in [0.4, 0.5) is 0 Å². The van der Waals surface area contributed by atoms with E-state index >= 15 is 0 Å². The number of amides is 1. The number of ether oxygens (including phenoxy) is 2. The zero-order valence-corrected chi connectivity index (χ0v) is 18.3. The first kappa shape index (κ1) is 24.3. The van der Waals surface area contributed by atoms with Gasteiger partial charge in [-0.05, 0) is 37.6 Å². The molecule has 2 aromatic rings. The highest BCUT2D eigenvalue weighted by atomic mass is 35.5. The van der Waals surface area contributed by atoms with Crippen molar-refractivity contribution in [2.24, 2.45) is 0 Å². The van der Waals surface area contributed by atoms with E-state index in [2.05, 4.69) is 15.1 Å². The van der Waals surface area contributed by atoms with Gasteiger partial charge in [0.2, 0.25) is 5.91 Å². The molecule has 0 spiro atoms. The Labute approximate surface area is 184 Å². The van der Waals surface area contributed by atoms with Gasteiger partial charge in [0.1, 0.15) is 6.10 Å². The lowest BCUT2D eigenvalue weighted by molar-refractivity contribution is -0.155. The molecule has 0 saturated heterocycles. The second kappa shape index (κ2) is 11.4. The molecular weight excluding hydrogens is 424 g/mol. The van der Waals surface area contributed by atoms with Gasteiger partial charge in [-0.25, -0.2) is 4.79 Å². The normalized spacial score (nSPS) is 12.8. The maximum atomic E-state index is 12.8. The smallest absolute Gasteiger partial charge is 0.336 e. The number of hydrogen-bond acceptors (Lipinski definition) is 5. The first-order chi connectivity index (χ1) is 14.8. The van der Waals surface area contributed by atoms with Crippen molar-refractivity contribution < 1.29 is 28.6 Å². The SMILES string of the molecule is CO[C@@H](Cc1c[nH]c2ccc(Cl)cc12)C(=O)N[C@@H](C(=O)CCC=[N+]=[N-])C(=O)OC(C)C. The van der Waals surface area contributed by atoms with E-state index in [4.69, 9.17) is 26.6 Å². The fourth-order valence-electron chi connectivity index (χ4n) is 3.02. The molecule has 0 unspecified atom stereocenters. The van der Waals surface area contributed by atoms with Gasteiger partial charge in [0.05, 0.1) is 6.10 Å². The molecule has 1 aromatic carbocycles. The monoisotopic (exact) mass is 448 g/mol. The molecule has 0 bridgehead atoms. The first-order valence-electron chi connectivity index (χ1n) is 9.74. The van der Waals surface area contributed by atoms with Gasteiger partial charge in [-0.1, -0.05) is 11.6 Å². The summed E-state index contributed by atoms with van der Waals surface area (Å²) >= 11 is 6.07. The molecule has 2 N–H and O–H groups in total. The number of benzene rings is 1. The summed E-state index contributed by atoms with van der Waals surface area (Å²) in [6.45, 7) is 3.28. The van der Waals surface area contributed by atoms with Crippen molar-refractivity contribution in [3.63, 3.8) is 0 Å². The summed E-state index contributed by atoms with van der Waals surface area (Å²) in [5, 5.41) is 3.84. The van der Waals surface area contributed by atoms with E-state index in [0.29, 0.717) is 5.02 Å². The number of aromatic nitrogens is 1.